The largest absolute Gasteiger partial charge is 0.361 e. The molecule has 6 heteroatoms. The average Bonchev–Trinajstić information content (AvgIpc) is 2.79. The van der Waals surface area contributed by atoms with Crippen LogP contribution >= 0.6 is 0 Å². The molecule has 2 amide bonds. The fourth-order valence-corrected chi connectivity index (χ4v) is 3.11. The second kappa shape index (κ2) is 6.86. The van der Waals surface area contributed by atoms with Gasteiger partial charge in [-0.2, -0.15) is 0 Å². The molecule has 2 aromatic rings. The molecule has 0 spiro atoms. The van der Waals surface area contributed by atoms with Crippen LogP contribution in [0.4, 0.5) is 0 Å². The monoisotopic (exact) mass is 327 g/mol. The van der Waals surface area contributed by atoms with Crippen LogP contribution in [0.3, 0.4) is 0 Å². The van der Waals surface area contributed by atoms with Crippen LogP contribution in [0.2, 0.25) is 0 Å². The van der Waals surface area contributed by atoms with Crippen molar-refractivity contribution in [2.45, 2.75) is 32.7 Å². The summed E-state index contributed by atoms with van der Waals surface area (Å²) in [6, 6.07) is 9.45. The third-order valence-corrected chi connectivity index (χ3v) is 4.44. The number of carbonyl (C=O) groups excluding carboxylic acids is 2. The van der Waals surface area contributed by atoms with Crippen LogP contribution in [0.15, 0.2) is 34.9 Å². The summed E-state index contributed by atoms with van der Waals surface area (Å²) in [5, 5.41) is 6.76. The van der Waals surface area contributed by atoms with Crippen LogP contribution in [-0.4, -0.2) is 35.0 Å². The summed E-state index contributed by atoms with van der Waals surface area (Å²) in [5.74, 6) is 0.618. The predicted octanol–water partition coefficient (Wildman–Crippen LogP) is 1.92. The molecule has 0 bridgehead atoms. The van der Waals surface area contributed by atoms with E-state index >= 15 is 0 Å². The molecule has 1 atom stereocenters. The molecule has 1 fully saturated rings. The Morgan fingerprint density at radius 3 is 2.75 bits per heavy atom. The van der Waals surface area contributed by atoms with Crippen LogP contribution in [0.25, 0.3) is 0 Å². The van der Waals surface area contributed by atoms with Crippen molar-refractivity contribution >= 4 is 11.8 Å². The molecular weight excluding hydrogens is 306 g/mol. The van der Waals surface area contributed by atoms with Gasteiger partial charge in [-0.15, -0.1) is 0 Å². The van der Waals surface area contributed by atoms with Crippen LogP contribution < -0.4 is 5.32 Å². The highest BCUT2D eigenvalue weighted by Gasteiger charge is 2.30. The Balaban J connectivity index is 1.87. The Morgan fingerprint density at radius 1 is 1.33 bits per heavy atom. The molecule has 0 saturated carbocycles. The Morgan fingerprint density at radius 2 is 2.08 bits per heavy atom. The van der Waals surface area contributed by atoms with Crippen molar-refractivity contribution in [1.29, 1.82) is 0 Å². The maximum absolute atomic E-state index is 12.9. The van der Waals surface area contributed by atoms with E-state index in [-0.39, 0.29) is 30.7 Å². The van der Waals surface area contributed by atoms with Gasteiger partial charge in [-0.3, -0.25) is 9.59 Å². The third kappa shape index (κ3) is 3.32. The lowest BCUT2D eigenvalue weighted by atomic mass is 10.0. The number of hydrogen-bond acceptors (Lipinski definition) is 4. The summed E-state index contributed by atoms with van der Waals surface area (Å²) < 4.78 is 5.15. The highest BCUT2D eigenvalue weighted by Crippen LogP contribution is 2.27. The number of nitrogens with zero attached hydrogens (tertiary/aromatic N) is 2. The smallest absolute Gasteiger partial charge is 0.227 e. The van der Waals surface area contributed by atoms with E-state index in [1.54, 1.807) is 4.90 Å². The number of amides is 2. The first-order chi connectivity index (χ1) is 11.6. The molecule has 1 saturated heterocycles. The zero-order valence-electron chi connectivity index (χ0n) is 13.9. The van der Waals surface area contributed by atoms with E-state index in [9.17, 15) is 9.59 Å². The zero-order valence-corrected chi connectivity index (χ0v) is 13.9. The molecule has 24 heavy (non-hydrogen) atoms. The molecule has 1 unspecified atom stereocenters. The van der Waals surface area contributed by atoms with Gasteiger partial charge in [0.15, 0.2) is 0 Å². The Kier molecular flexibility index (Phi) is 4.64. The van der Waals surface area contributed by atoms with Gasteiger partial charge in [-0.1, -0.05) is 35.5 Å². The molecule has 1 aliphatic rings. The lowest BCUT2D eigenvalue weighted by Crippen LogP contribution is -2.37. The molecule has 2 heterocycles. The lowest BCUT2D eigenvalue weighted by Gasteiger charge is -2.29. The number of benzene rings is 1. The molecule has 6 nitrogen and oxygen atoms in total. The van der Waals surface area contributed by atoms with E-state index in [0.29, 0.717) is 18.8 Å². The van der Waals surface area contributed by atoms with Crippen molar-refractivity contribution in [2.24, 2.45) is 0 Å². The second-order valence-corrected chi connectivity index (χ2v) is 6.05. The van der Waals surface area contributed by atoms with Gasteiger partial charge in [0.1, 0.15) is 5.76 Å². The summed E-state index contributed by atoms with van der Waals surface area (Å²) in [5.41, 5.74) is 2.54. The standard InChI is InChI=1S/C18H21N3O3/c1-12-15(13(2)24-20-12)10-18(23)21-9-8-19-17(22)11-16(21)14-6-4-3-5-7-14/h3-7,16H,8-11H2,1-2H3,(H,19,22). The van der Waals surface area contributed by atoms with Gasteiger partial charge in [0.25, 0.3) is 0 Å². The molecular formula is C18H21N3O3. The van der Waals surface area contributed by atoms with Gasteiger partial charge in [-0.05, 0) is 19.4 Å². The van der Waals surface area contributed by atoms with E-state index < -0.39 is 0 Å². The lowest BCUT2D eigenvalue weighted by molar-refractivity contribution is -0.133. The first-order valence-corrected chi connectivity index (χ1v) is 8.09. The fraction of sp³-hybridized carbons (Fsp3) is 0.389. The highest BCUT2D eigenvalue weighted by atomic mass is 16.5. The van der Waals surface area contributed by atoms with Crippen molar-refractivity contribution < 1.29 is 14.1 Å². The van der Waals surface area contributed by atoms with Gasteiger partial charge in [0, 0.05) is 18.7 Å². The number of aryl methyl sites for hydroxylation is 2. The average molecular weight is 327 g/mol. The van der Waals surface area contributed by atoms with E-state index in [2.05, 4.69) is 10.5 Å². The maximum Gasteiger partial charge on any atom is 0.227 e. The maximum atomic E-state index is 12.9. The predicted molar refractivity (Wildman–Crippen MR) is 88.2 cm³/mol. The number of carbonyl (C=O) groups is 2. The van der Waals surface area contributed by atoms with Crippen LogP contribution in [-0.2, 0) is 16.0 Å². The normalized spacial score (nSPS) is 18.2. The van der Waals surface area contributed by atoms with Crippen molar-refractivity contribution in [3.63, 3.8) is 0 Å². The fourth-order valence-electron chi connectivity index (χ4n) is 3.11. The molecule has 3 rings (SSSR count). The molecule has 1 N–H and O–H groups in total. The Bertz CT molecular complexity index is 720. The number of hydrogen-bond donors (Lipinski definition) is 1. The minimum Gasteiger partial charge on any atom is -0.361 e. The van der Waals surface area contributed by atoms with Gasteiger partial charge in [0.2, 0.25) is 11.8 Å². The quantitative estimate of drug-likeness (QED) is 0.934. The highest BCUT2D eigenvalue weighted by molar-refractivity contribution is 5.82. The first-order valence-electron chi connectivity index (χ1n) is 8.09. The minimum atomic E-state index is -0.248. The van der Waals surface area contributed by atoms with E-state index in [4.69, 9.17) is 4.52 Å². The van der Waals surface area contributed by atoms with E-state index in [1.807, 2.05) is 44.2 Å². The summed E-state index contributed by atoms with van der Waals surface area (Å²) >= 11 is 0. The molecule has 1 aromatic heterocycles. The van der Waals surface area contributed by atoms with Gasteiger partial charge in [0.05, 0.1) is 24.6 Å². The van der Waals surface area contributed by atoms with E-state index in [0.717, 1.165) is 16.8 Å². The van der Waals surface area contributed by atoms with Crippen LogP contribution in [0.5, 0.6) is 0 Å². The molecule has 1 aromatic carbocycles. The van der Waals surface area contributed by atoms with Crippen LogP contribution in [0.1, 0.15) is 35.0 Å². The minimum absolute atomic E-state index is 0.0187. The summed E-state index contributed by atoms with van der Waals surface area (Å²) in [7, 11) is 0. The third-order valence-electron chi connectivity index (χ3n) is 4.44. The zero-order chi connectivity index (χ0) is 17.1. The molecule has 126 valence electrons. The van der Waals surface area contributed by atoms with Crippen molar-refractivity contribution in [2.75, 3.05) is 13.1 Å². The summed E-state index contributed by atoms with van der Waals surface area (Å²) in [4.78, 5) is 26.7. The summed E-state index contributed by atoms with van der Waals surface area (Å²) in [6.45, 7) is 4.61. The Hall–Kier alpha value is -2.63. The van der Waals surface area contributed by atoms with Gasteiger partial charge >= 0.3 is 0 Å². The molecule has 0 aliphatic carbocycles. The topological polar surface area (TPSA) is 75.4 Å². The van der Waals surface area contributed by atoms with Gasteiger partial charge in [-0.25, -0.2) is 0 Å². The van der Waals surface area contributed by atoms with Crippen molar-refractivity contribution in [1.82, 2.24) is 15.4 Å². The van der Waals surface area contributed by atoms with Gasteiger partial charge < -0.3 is 14.7 Å². The second-order valence-electron chi connectivity index (χ2n) is 6.05. The van der Waals surface area contributed by atoms with Crippen molar-refractivity contribution in [3.05, 3.63) is 52.9 Å². The number of nitrogens with one attached hydrogen (secondary N) is 1. The van der Waals surface area contributed by atoms with Crippen LogP contribution in [0, 0.1) is 13.8 Å². The van der Waals surface area contributed by atoms with E-state index in [1.165, 1.54) is 0 Å². The first kappa shape index (κ1) is 16.2. The number of rotatable bonds is 3. The Labute approximate surface area is 140 Å². The molecule has 0 radical (unpaired) electrons. The van der Waals surface area contributed by atoms with Crippen molar-refractivity contribution in [3.8, 4) is 0 Å². The number of aromatic nitrogens is 1. The molecule has 1 aliphatic heterocycles. The SMILES string of the molecule is Cc1noc(C)c1CC(=O)N1CCNC(=O)CC1c1ccccc1. The summed E-state index contributed by atoms with van der Waals surface area (Å²) in [6.07, 6.45) is 0.510.